The summed E-state index contributed by atoms with van der Waals surface area (Å²) in [6.07, 6.45) is 2.47. The number of rotatable bonds is 3. The third-order valence-corrected chi connectivity index (χ3v) is 5.74. The van der Waals surface area contributed by atoms with E-state index < -0.39 is 0 Å². The fourth-order valence-electron chi connectivity index (χ4n) is 3.96. The summed E-state index contributed by atoms with van der Waals surface area (Å²) in [5.74, 6) is 0. The second kappa shape index (κ2) is 6.53. The van der Waals surface area contributed by atoms with Crippen LogP contribution in [0.2, 0.25) is 0 Å². The van der Waals surface area contributed by atoms with Gasteiger partial charge in [-0.05, 0) is 47.5 Å². The van der Waals surface area contributed by atoms with Crippen molar-refractivity contribution in [2.45, 2.75) is 64.6 Å². The average molecular weight is 297 g/mol. The van der Waals surface area contributed by atoms with E-state index in [1.54, 1.807) is 0 Å². The van der Waals surface area contributed by atoms with Gasteiger partial charge in [-0.2, -0.15) is 0 Å². The van der Waals surface area contributed by atoms with Crippen LogP contribution in [-0.4, -0.2) is 77.6 Å². The minimum atomic E-state index is 0.259. The Morgan fingerprint density at radius 3 is 1.86 bits per heavy atom. The molecule has 0 unspecified atom stereocenters. The predicted molar refractivity (Wildman–Crippen MR) is 90.6 cm³/mol. The largest absolute Gasteiger partial charge is 0.329 e. The molecular weight excluding hydrogens is 260 g/mol. The van der Waals surface area contributed by atoms with Gasteiger partial charge in [0.1, 0.15) is 0 Å². The molecule has 124 valence electrons. The Morgan fingerprint density at radius 2 is 1.48 bits per heavy atom. The molecule has 0 bridgehead atoms. The Bertz CT molecular complexity index is 318. The summed E-state index contributed by atoms with van der Waals surface area (Å²) >= 11 is 0. The first-order valence-electron chi connectivity index (χ1n) is 8.73. The van der Waals surface area contributed by atoms with Crippen molar-refractivity contribution < 1.29 is 0 Å². The number of hydrogen-bond donors (Lipinski definition) is 1. The van der Waals surface area contributed by atoms with E-state index in [-0.39, 0.29) is 5.54 Å². The smallest absolute Gasteiger partial charge is 0.0357 e. The van der Waals surface area contributed by atoms with Crippen LogP contribution in [0.3, 0.4) is 0 Å². The van der Waals surface area contributed by atoms with Crippen molar-refractivity contribution in [3.05, 3.63) is 0 Å². The number of likely N-dealkylation sites (tertiary alicyclic amines) is 1. The third-order valence-electron chi connectivity index (χ3n) is 5.74. The van der Waals surface area contributed by atoms with Crippen LogP contribution in [0.25, 0.3) is 0 Å². The molecule has 2 aliphatic heterocycles. The van der Waals surface area contributed by atoms with E-state index in [1.807, 2.05) is 0 Å². The molecule has 2 rings (SSSR count). The van der Waals surface area contributed by atoms with E-state index in [0.717, 1.165) is 6.54 Å². The van der Waals surface area contributed by atoms with Crippen LogP contribution >= 0.6 is 0 Å². The van der Waals surface area contributed by atoms with Gasteiger partial charge < -0.3 is 10.6 Å². The van der Waals surface area contributed by atoms with Gasteiger partial charge in [-0.25, -0.2) is 0 Å². The lowest BCUT2D eigenvalue weighted by atomic mass is 9.84. The highest BCUT2D eigenvalue weighted by atomic mass is 15.3. The van der Waals surface area contributed by atoms with Gasteiger partial charge >= 0.3 is 0 Å². The van der Waals surface area contributed by atoms with E-state index in [0.29, 0.717) is 11.6 Å². The maximum atomic E-state index is 6.24. The van der Waals surface area contributed by atoms with Crippen molar-refractivity contribution in [3.63, 3.8) is 0 Å². The second-order valence-electron chi connectivity index (χ2n) is 8.20. The molecule has 0 aromatic carbocycles. The first-order valence-corrected chi connectivity index (χ1v) is 8.73. The van der Waals surface area contributed by atoms with E-state index in [4.69, 9.17) is 5.73 Å². The zero-order chi connectivity index (χ0) is 15.7. The Balaban J connectivity index is 1.94. The van der Waals surface area contributed by atoms with E-state index in [2.05, 4.69) is 49.3 Å². The van der Waals surface area contributed by atoms with Gasteiger partial charge in [0.25, 0.3) is 0 Å². The fourth-order valence-corrected chi connectivity index (χ4v) is 3.96. The van der Waals surface area contributed by atoms with Gasteiger partial charge in [0.15, 0.2) is 0 Å². The molecule has 2 fully saturated rings. The molecular formula is C17H36N4. The van der Waals surface area contributed by atoms with Crippen molar-refractivity contribution in [2.24, 2.45) is 5.73 Å². The monoisotopic (exact) mass is 296 g/mol. The van der Waals surface area contributed by atoms with Crippen LogP contribution < -0.4 is 5.73 Å². The molecule has 2 saturated heterocycles. The highest BCUT2D eigenvalue weighted by Gasteiger charge is 2.41. The molecule has 0 spiro atoms. The van der Waals surface area contributed by atoms with Crippen molar-refractivity contribution >= 4 is 0 Å². The molecule has 0 aliphatic carbocycles. The number of nitrogens with two attached hydrogens (primary N) is 1. The van der Waals surface area contributed by atoms with Crippen LogP contribution in [0, 0.1) is 0 Å². The van der Waals surface area contributed by atoms with E-state index in [9.17, 15) is 0 Å². The topological polar surface area (TPSA) is 35.7 Å². The Morgan fingerprint density at radius 1 is 0.952 bits per heavy atom. The molecule has 0 amide bonds. The number of hydrogen-bond acceptors (Lipinski definition) is 4. The van der Waals surface area contributed by atoms with Crippen LogP contribution in [0.4, 0.5) is 0 Å². The second-order valence-corrected chi connectivity index (χ2v) is 8.20. The summed E-state index contributed by atoms with van der Waals surface area (Å²) in [6.45, 7) is 19.5. The van der Waals surface area contributed by atoms with Gasteiger partial charge in [-0.1, -0.05) is 0 Å². The molecule has 0 saturated carbocycles. The number of nitrogens with zero attached hydrogens (tertiary/aromatic N) is 3. The maximum absolute atomic E-state index is 6.24. The zero-order valence-corrected chi connectivity index (χ0v) is 14.9. The Hall–Kier alpha value is -0.160. The van der Waals surface area contributed by atoms with Crippen molar-refractivity contribution in [2.75, 3.05) is 45.8 Å². The summed E-state index contributed by atoms with van der Waals surface area (Å²) in [4.78, 5) is 7.91. The van der Waals surface area contributed by atoms with E-state index >= 15 is 0 Å². The van der Waals surface area contributed by atoms with Gasteiger partial charge in [0.2, 0.25) is 0 Å². The summed E-state index contributed by atoms with van der Waals surface area (Å²) in [6, 6.07) is 0.665. The van der Waals surface area contributed by atoms with Gasteiger partial charge in [-0.3, -0.25) is 9.80 Å². The summed E-state index contributed by atoms with van der Waals surface area (Å²) in [5, 5.41) is 0. The molecule has 0 aromatic heterocycles. The zero-order valence-electron chi connectivity index (χ0n) is 14.9. The number of piperazine rings is 1. The quantitative estimate of drug-likeness (QED) is 0.858. The molecule has 21 heavy (non-hydrogen) atoms. The minimum absolute atomic E-state index is 0.259. The summed E-state index contributed by atoms with van der Waals surface area (Å²) in [5.41, 5.74) is 6.79. The highest BCUT2D eigenvalue weighted by molar-refractivity contribution is 4.99. The highest BCUT2D eigenvalue weighted by Crippen LogP contribution is 2.30. The molecule has 2 N–H and O–H groups in total. The van der Waals surface area contributed by atoms with Crippen LogP contribution in [0.5, 0.6) is 0 Å². The summed E-state index contributed by atoms with van der Waals surface area (Å²) < 4.78 is 0. The van der Waals surface area contributed by atoms with Gasteiger partial charge in [0, 0.05) is 62.9 Å². The maximum Gasteiger partial charge on any atom is 0.0357 e. The van der Waals surface area contributed by atoms with E-state index in [1.165, 1.54) is 52.1 Å². The number of piperidine rings is 1. The van der Waals surface area contributed by atoms with Crippen LogP contribution in [-0.2, 0) is 0 Å². The lowest BCUT2D eigenvalue weighted by Gasteiger charge is -2.53. The Kier molecular flexibility index (Phi) is 5.35. The normalized spacial score (nSPS) is 26.4. The van der Waals surface area contributed by atoms with Crippen LogP contribution in [0.15, 0.2) is 0 Å². The van der Waals surface area contributed by atoms with Crippen molar-refractivity contribution in [3.8, 4) is 0 Å². The lowest BCUT2D eigenvalue weighted by molar-refractivity contribution is -0.0286. The lowest BCUT2D eigenvalue weighted by Crippen LogP contribution is -2.65. The summed E-state index contributed by atoms with van der Waals surface area (Å²) in [7, 11) is 0. The molecule has 0 atom stereocenters. The van der Waals surface area contributed by atoms with Crippen molar-refractivity contribution in [1.29, 1.82) is 0 Å². The van der Waals surface area contributed by atoms with Gasteiger partial charge in [0.05, 0.1) is 0 Å². The first kappa shape index (κ1) is 17.2. The standard InChI is InChI=1S/C17H36N4/c1-15(2)19-8-6-17(14-18,7-9-19)21-12-10-20(11-13-21)16(3,4)5/h15H,6-14,18H2,1-5H3. The average Bonchev–Trinajstić information content (AvgIpc) is 2.46. The molecule has 2 heterocycles. The van der Waals surface area contributed by atoms with Crippen molar-refractivity contribution in [1.82, 2.24) is 14.7 Å². The third kappa shape index (κ3) is 3.79. The molecule has 0 radical (unpaired) electrons. The minimum Gasteiger partial charge on any atom is -0.329 e. The molecule has 2 aliphatic rings. The molecule has 4 nitrogen and oxygen atoms in total. The fraction of sp³-hybridized carbons (Fsp3) is 1.00. The molecule has 4 heteroatoms. The first-order chi connectivity index (χ1) is 9.78. The SMILES string of the molecule is CC(C)N1CCC(CN)(N2CCN(C(C)(C)C)CC2)CC1. The van der Waals surface area contributed by atoms with Gasteiger partial charge in [-0.15, -0.1) is 0 Å². The molecule has 0 aromatic rings. The predicted octanol–water partition coefficient (Wildman–Crippen LogP) is 1.60. The Labute approximate surface area is 131 Å². The van der Waals surface area contributed by atoms with Crippen LogP contribution in [0.1, 0.15) is 47.5 Å².